The first-order valence-corrected chi connectivity index (χ1v) is 9.39. The molecule has 1 unspecified atom stereocenters. The quantitative estimate of drug-likeness (QED) is 0.489. The van der Waals surface area contributed by atoms with Gasteiger partial charge < -0.3 is 30.6 Å². The van der Waals surface area contributed by atoms with Gasteiger partial charge in [-0.3, -0.25) is 4.79 Å². The Morgan fingerprint density at radius 3 is 2.66 bits per heavy atom. The van der Waals surface area contributed by atoms with Gasteiger partial charge in [-0.05, 0) is 42.7 Å². The first-order valence-electron chi connectivity index (χ1n) is 9.39. The van der Waals surface area contributed by atoms with Crippen LogP contribution in [0.2, 0.25) is 0 Å². The fourth-order valence-electron chi connectivity index (χ4n) is 3.03. The number of anilines is 2. The van der Waals surface area contributed by atoms with E-state index in [-0.39, 0.29) is 18.0 Å². The van der Waals surface area contributed by atoms with Crippen molar-refractivity contribution in [2.45, 2.75) is 25.5 Å². The van der Waals surface area contributed by atoms with Crippen LogP contribution in [0.1, 0.15) is 18.4 Å². The van der Waals surface area contributed by atoms with Gasteiger partial charge in [-0.25, -0.2) is 4.99 Å². The number of nitrogens with two attached hydrogens (primary N) is 1. The molecule has 0 radical (unpaired) electrons. The van der Waals surface area contributed by atoms with Gasteiger partial charge >= 0.3 is 0 Å². The second kappa shape index (κ2) is 9.79. The van der Waals surface area contributed by atoms with E-state index in [9.17, 15) is 4.79 Å². The molecule has 0 aliphatic carbocycles. The van der Waals surface area contributed by atoms with Crippen LogP contribution in [0.25, 0.3) is 0 Å². The summed E-state index contributed by atoms with van der Waals surface area (Å²) in [6.45, 7) is 1.01. The highest BCUT2D eigenvalue weighted by molar-refractivity contribution is 5.94. The van der Waals surface area contributed by atoms with Crippen LogP contribution in [0, 0.1) is 0 Å². The highest BCUT2D eigenvalue weighted by Gasteiger charge is 2.23. The Balaban J connectivity index is 1.59. The number of benzene rings is 2. The van der Waals surface area contributed by atoms with Crippen molar-refractivity contribution in [1.29, 1.82) is 0 Å². The third kappa shape index (κ3) is 5.61. The van der Waals surface area contributed by atoms with Crippen LogP contribution in [0.15, 0.2) is 47.5 Å². The SMILES string of the molecule is COc1ccc(NC(N)=NCc2cccc(NC(=O)C3CCCO3)c2)cc1OC. The second-order valence-electron chi connectivity index (χ2n) is 6.59. The number of hydrogen-bond donors (Lipinski definition) is 3. The van der Waals surface area contributed by atoms with E-state index in [1.165, 1.54) is 0 Å². The van der Waals surface area contributed by atoms with Crippen molar-refractivity contribution in [2.24, 2.45) is 10.7 Å². The van der Waals surface area contributed by atoms with E-state index in [0.717, 1.165) is 24.1 Å². The molecule has 8 nitrogen and oxygen atoms in total. The van der Waals surface area contributed by atoms with E-state index in [0.29, 0.717) is 30.3 Å². The minimum atomic E-state index is -0.363. The van der Waals surface area contributed by atoms with E-state index in [4.69, 9.17) is 19.9 Å². The number of amides is 1. The average Bonchev–Trinajstić information content (AvgIpc) is 3.27. The number of aliphatic imine (C=N–C) groups is 1. The van der Waals surface area contributed by atoms with Gasteiger partial charge in [0.25, 0.3) is 5.91 Å². The predicted octanol–water partition coefficient (Wildman–Crippen LogP) is 2.75. The first kappa shape index (κ1) is 20.5. The maximum atomic E-state index is 12.2. The monoisotopic (exact) mass is 398 g/mol. The van der Waals surface area contributed by atoms with Gasteiger partial charge in [-0.1, -0.05) is 12.1 Å². The largest absolute Gasteiger partial charge is 0.493 e. The van der Waals surface area contributed by atoms with Crippen molar-refractivity contribution in [3.8, 4) is 11.5 Å². The lowest BCUT2D eigenvalue weighted by Crippen LogP contribution is -2.26. The number of nitrogens with zero attached hydrogens (tertiary/aromatic N) is 1. The van der Waals surface area contributed by atoms with Crippen LogP contribution in [-0.2, 0) is 16.1 Å². The van der Waals surface area contributed by atoms with Crippen molar-refractivity contribution < 1.29 is 19.0 Å². The van der Waals surface area contributed by atoms with Gasteiger partial charge in [0, 0.05) is 24.0 Å². The summed E-state index contributed by atoms with van der Waals surface area (Å²) in [5.74, 6) is 1.39. The topological polar surface area (TPSA) is 107 Å². The lowest BCUT2D eigenvalue weighted by molar-refractivity contribution is -0.124. The molecule has 154 valence electrons. The smallest absolute Gasteiger partial charge is 0.253 e. The van der Waals surface area contributed by atoms with E-state index in [1.807, 2.05) is 30.3 Å². The van der Waals surface area contributed by atoms with Gasteiger partial charge in [0.1, 0.15) is 6.10 Å². The molecule has 0 saturated carbocycles. The van der Waals surface area contributed by atoms with Crippen LogP contribution in [0.5, 0.6) is 11.5 Å². The van der Waals surface area contributed by atoms with Crippen LogP contribution >= 0.6 is 0 Å². The second-order valence-corrected chi connectivity index (χ2v) is 6.59. The number of methoxy groups -OCH3 is 2. The van der Waals surface area contributed by atoms with Crippen LogP contribution in [0.4, 0.5) is 11.4 Å². The lowest BCUT2D eigenvalue weighted by atomic mass is 10.2. The fraction of sp³-hybridized carbons (Fsp3) is 0.333. The van der Waals surface area contributed by atoms with Crippen molar-refractivity contribution in [3.63, 3.8) is 0 Å². The Bertz CT molecular complexity index is 879. The van der Waals surface area contributed by atoms with E-state index in [1.54, 1.807) is 26.4 Å². The standard InChI is InChI=1S/C21H26N4O4/c1-27-17-9-8-16(12-19(17)28-2)25-21(22)23-13-14-5-3-6-15(11-14)24-20(26)18-7-4-10-29-18/h3,5-6,8-9,11-12,18H,4,7,10,13H2,1-2H3,(H,24,26)(H3,22,23,25). The molecular formula is C21H26N4O4. The molecule has 1 saturated heterocycles. The van der Waals surface area contributed by atoms with Crippen molar-refractivity contribution in [3.05, 3.63) is 48.0 Å². The molecule has 0 spiro atoms. The Hall–Kier alpha value is -3.26. The fourth-order valence-corrected chi connectivity index (χ4v) is 3.03. The Kier molecular flexibility index (Phi) is 6.91. The van der Waals surface area contributed by atoms with Crippen LogP contribution < -0.4 is 25.8 Å². The minimum absolute atomic E-state index is 0.113. The molecule has 0 bridgehead atoms. The molecule has 4 N–H and O–H groups in total. The molecule has 2 aromatic rings. The summed E-state index contributed by atoms with van der Waals surface area (Å²) in [5, 5.41) is 5.92. The Morgan fingerprint density at radius 1 is 1.14 bits per heavy atom. The minimum Gasteiger partial charge on any atom is -0.493 e. The Labute approximate surface area is 170 Å². The van der Waals surface area contributed by atoms with Crippen molar-refractivity contribution >= 4 is 23.2 Å². The third-order valence-electron chi connectivity index (χ3n) is 4.50. The summed E-state index contributed by atoms with van der Waals surface area (Å²) in [4.78, 5) is 16.5. The molecule has 1 aliphatic rings. The molecule has 1 heterocycles. The Morgan fingerprint density at radius 2 is 1.93 bits per heavy atom. The van der Waals surface area contributed by atoms with Crippen LogP contribution in [0.3, 0.4) is 0 Å². The molecule has 2 aromatic carbocycles. The first-order chi connectivity index (χ1) is 14.1. The maximum Gasteiger partial charge on any atom is 0.253 e. The zero-order valence-corrected chi connectivity index (χ0v) is 16.6. The maximum absolute atomic E-state index is 12.2. The average molecular weight is 398 g/mol. The summed E-state index contributed by atoms with van der Waals surface area (Å²) in [6, 6.07) is 12.9. The summed E-state index contributed by atoms with van der Waals surface area (Å²) in [6.07, 6.45) is 1.31. The third-order valence-corrected chi connectivity index (χ3v) is 4.50. The van der Waals surface area contributed by atoms with Crippen molar-refractivity contribution in [1.82, 2.24) is 0 Å². The highest BCUT2D eigenvalue weighted by Crippen LogP contribution is 2.29. The highest BCUT2D eigenvalue weighted by atomic mass is 16.5. The molecule has 8 heteroatoms. The summed E-state index contributed by atoms with van der Waals surface area (Å²) in [5.41, 5.74) is 8.37. The molecule has 1 atom stereocenters. The van der Waals surface area contributed by atoms with E-state index < -0.39 is 0 Å². The van der Waals surface area contributed by atoms with Gasteiger partial charge in [0.15, 0.2) is 17.5 Å². The molecule has 3 rings (SSSR count). The number of rotatable bonds is 7. The molecule has 1 fully saturated rings. The number of carbonyl (C=O) groups excluding carboxylic acids is 1. The van der Waals surface area contributed by atoms with Crippen molar-refractivity contribution in [2.75, 3.05) is 31.5 Å². The molecule has 29 heavy (non-hydrogen) atoms. The summed E-state index contributed by atoms with van der Waals surface area (Å²) >= 11 is 0. The number of ether oxygens (including phenoxy) is 3. The molecule has 1 aliphatic heterocycles. The van der Waals surface area contributed by atoms with E-state index in [2.05, 4.69) is 15.6 Å². The predicted molar refractivity (Wildman–Crippen MR) is 113 cm³/mol. The van der Waals surface area contributed by atoms with Gasteiger partial charge in [0.2, 0.25) is 0 Å². The number of guanidine groups is 1. The molecular weight excluding hydrogens is 372 g/mol. The summed E-state index contributed by atoms with van der Waals surface area (Å²) in [7, 11) is 3.15. The normalized spacial score (nSPS) is 16.3. The number of hydrogen-bond acceptors (Lipinski definition) is 5. The number of nitrogens with one attached hydrogen (secondary N) is 2. The van der Waals surface area contributed by atoms with Gasteiger partial charge in [-0.15, -0.1) is 0 Å². The number of carbonyl (C=O) groups is 1. The van der Waals surface area contributed by atoms with E-state index >= 15 is 0 Å². The summed E-state index contributed by atoms with van der Waals surface area (Å²) < 4.78 is 15.9. The lowest BCUT2D eigenvalue weighted by Gasteiger charge is -2.12. The van der Waals surface area contributed by atoms with Gasteiger partial charge in [0.05, 0.1) is 20.8 Å². The zero-order chi connectivity index (χ0) is 20.6. The van der Waals surface area contributed by atoms with Gasteiger partial charge in [-0.2, -0.15) is 0 Å². The zero-order valence-electron chi connectivity index (χ0n) is 16.6. The molecule has 1 amide bonds. The van der Waals surface area contributed by atoms with Crippen LogP contribution in [-0.4, -0.2) is 38.8 Å². The molecule has 0 aromatic heterocycles.